The average molecular weight is 394 g/mol. The Hall–Kier alpha value is -3.45. The highest BCUT2D eigenvalue weighted by atomic mass is 32.1. The van der Waals surface area contributed by atoms with E-state index in [1.165, 1.54) is 11.3 Å². The molecule has 3 amide bonds. The van der Waals surface area contributed by atoms with Crippen LogP contribution in [0, 0.1) is 0 Å². The van der Waals surface area contributed by atoms with Gasteiger partial charge in [0.1, 0.15) is 5.75 Å². The number of benzene rings is 2. The minimum atomic E-state index is -0.578. The zero-order chi connectivity index (χ0) is 19.8. The standard InChI is InChI=1S/C21H18N2O4S/c24-19(23-21(26)22-13-18-7-4-12-28-18)14-27-17-10-8-16(9-11-17)20(25)15-5-2-1-3-6-15/h1-12H,13-14H2,(H2,22,23,24,26). The summed E-state index contributed by atoms with van der Waals surface area (Å²) in [5, 5.41) is 6.71. The molecule has 0 saturated carbocycles. The molecule has 142 valence electrons. The molecule has 2 aromatic carbocycles. The molecule has 3 rings (SSSR count). The quantitative estimate of drug-likeness (QED) is 0.602. The van der Waals surface area contributed by atoms with Gasteiger partial charge in [0.05, 0.1) is 6.54 Å². The first-order chi connectivity index (χ1) is 13.6. The number of thiophene rings is 1. The van der Waals surface area contributed by atoms with Gasteiger partial charge in [0.2, 0.25) is 0 Å². The molecule has 0 bridgehead atoms. The maximum Gasteiger partial charge on any atom is 0.321 e. The second kappa shape index (κ2) is 9.48. The number of carbonyl (C=O) groups excluding carboxylic acids is 3. The van der Waals surface area contributed by atoms with Crippen molar-refractivity contribution in [2.45, 2.75) is 6.54 Å². The monoisotopic (exact) mass is 394 g/mol. The molecule has 0 atom stereocenters. The third-order valence-corrected chi connectivity index (χ3v) is 4.66. The molecule has 1 heterocycles. The number of ether oxygens (including phenoxy) is 1. The molecule has 3 aromatic rings. The lowest BCUT2D eigenvalue weighted by Crippen LogP contribution is -2.41. The van der Waals surface area contributed by atoms with E-state index in [1.807, 2.05) is 23.6 Å². The van der Waals surface area contributed by atoms with Crippen LogP contribution in [0.3, 0.4) is 0 Å². The zero-order valence-corrected chi connectivity index (χ0v) is 15.7. The SMILES string of the molecule is O=C(COc1ccc(C(=O)c2ccccc2)cc1)NC(=O)NCc1cccs1. The highest BCUT2D eigenvalue weighted by molar-refractivity contribution is 7.09. The molecule has 0 aliphatic carbocycles. The topological polar surface area (TPSA) is 84.5 Å². The fraction of sp³-hybridized carbons (Fsp3) is 0.0952. The summed E-state index contributed by atoms with van der Waals surface area (Å²) < 4.78 is 5.36. The summed E-state index contributed by atoms with van der Waals surface area (Å²) >= 11 is 1.52. The van der Waals surface area contributed by atoms with Gasteiger partial charge in [-0.1, -0.05) is 36.4 Å². The van der Waals surface area contributed by atoms with Gasteiger partial charge in [0.15, 0.2) is 12.4 Å². The Morgan fingerprint density at radius 1 is 0.857 bits per heavy atom. The Labute approximate surface area is 166 Å². The van der Waals surface area contributed by atoms with Crippen LogP contribution < -0.4 is 15.4 Å². The number of carbonyl (C=O) groups is 3. The van der Waals surface area contributed by atoms with E-state index in [9.17, 15) is 14.4 Å². The molecule has 28 heavy (non-hydrogen) atoms. The van der Waals surface area contributed by atoms with Gasteiger partial charge in [-0.25, -0.2) is 4.79 Å². The van der Waals surface area contributed by atoms with Crippen molar-refractivity contribution in [3.8, 4) is 5.75 Å². The van der Waals surface area contributed by atoms with E-state index in [1.54, 1.807) is 48.5 Å². The third-order valence-electron chi connectivity index (χ3n) is 3.78. The lowest BCUT2D eigenvalue weighted by molar-refractivity contribution is -0.122. The summed E-state index contributed by atoms with van der Waals surface area (Å²) in [7, 11) is 0. The van der Waals surface area contributed by atoms with Gasteiger partial charge in [-0.3, -0.25) is 14.9 Å². The smallest absolute Gasteiger partial charge is 0.321 e. The Morgan fingerprint density at radius 2 is 1.57 bits per heavy atom. The van der Waals surface area contributed by atoms with Gasteiger partial charge in [-0.05, 0) is 35.7 Å². The summed E-state index contributed by atoms with van der Waals surface area (Å²) in [5.74, 6) is -0.223. The molecular formula is C21H18N2O4S. The van der Waals surface area contributed by atoms with Gasteiger partial charge in [-0.2, -0.15) is 0 Å². The van der Waals surface area contributed by atoms with Crippen LogP contribution in [0.2, 0.25) is 0 Å². The van der Waals surface area contributed by atoms with Gasteiger partial charge in [0.25, 0.3) is 5.91 Å². The maximum absolute atomic E-state index is 12.3. The molecule has 0 unspecified atom stereocenters. The van der Waals surface area contributed by atoms with Crippen LogP contribution in [0.5, 0.6) is 5.75 Å². The Morgan fingerprint density at radius 3 is 2.25 bits per heavy atom. The van der Waals surface area contributed by atoms with Crippen LogP contribution >= 0.6 is 11.3 Å². The summed E-state index contributed by atoms with van der Waals surface area (Å²) in [5.41, 5.74) is 1.13. The minimum Gasteiger partial charge on any atom is -0.484 e. The summed E-state index contributed by atoms with van der Waals surface area (Å²) in [6, 6.07) is 18.7. The number of rotatable bonds is 7. The van der Waals surface area contributed by atoms with E-state index in [0.29, 0.717) is 23.4 Å². The molecule has 1 aromatic heterocycles. The first-order valence-electron chi connectivity index (χ1n) is 8.54. The van der Waals surface area contributed by atoms with Gasteiger partial charge in [-0.15, -0.1) is 11.3 Å². The van der Waals surface area contributed by atoms with Crippen LogP contribution in [0.1, 0.15) is 20.8 Å². The van der Waals surface area contributed by atoms with E-state index in [4.69, 9.17) is 4.74 Å². The third kappa shape index (κ3) is 5.52. The summed E-state index contributed by atoms with van der Waals surface area (Å²) in [4.78, 5) is 36.8. The number of nitrogens with one attached hydrogen (secondary N) is 2. The number of amides is 3. The normalized spacial score (nSPS) is 10.1. The predicted molar refractivity (Wildman–Crippen MR) is 107 cm³/mol. The first kappa shape index (κ1) is 19.3. The number of imide groups is 1. The van der Waals surface area contributed by atoms with Crippen molar-refractivity contribution < 1.29 is 19.1 Å². The van der Waals surface area contributed by atoms with Crippen molar-refractivity contribution in [1.82, 2.24) is 10.6 Å². The molecule has 6 nitrogen and oxygen atoms in total. The second-order valence-electron chi connectivity index (χ2n) is 5.82. The highest BCUT2D eigenvalue weighted by Crippen LogP contribution is 2.15. The summed E-state index contributed by atoms with van der Waals surface area (Å²) in [6.45, 7) is 0.0486. The van der Waals surface area contributed by atoms with E-state index in [2.05, 4.69) is 10.6 Å². The van der Waals surface area contributed by atoms with Crippen molar-refractivity contribution >= 4 is 29.1 Å². The number of urea groups is 1. The van der Waals surface area contributed by atoms with E-state index in [0.717, 1.165) is 4.88 Å². The van der Waals surface area contributed by atoms with Crippen molar-refractivity contribution in [3.63, 3.8) is 0 Å². The Bertz CT molecular complexity index is 938. The molecule has 0 fully saturated rings. The van der Waals surface area contributed by atoms with E-state index < -0.39 is 11.9 Å². The Kier molecular flexibility index (Phi) is 6.54. The lowest BCUT2D eigenvalue weighted by atomic mass is 10.0. The van der Waals surface area contributed by atoms with Crippen molar-refractivity contribution in [1.29, 1.82) is 0 Å². The summed E-state index contributed by atoms with van der Waals surface area (Å²) in [6.07, 6.45) is 0. The van der Waals surface area contributed by atoms with Crippen LogP contribution in [0.25, 0.3) is 0 Å². The fourth-order valence-electron chi connectivity index (χ4n) is 2.40. The molecule has 0 radical (unpaired) electrons. The second-order valence-corrected chi connectivity index (χ2v) is 6.85. The van der Waals surface area contributed by atoms with Crippen molar-refractivity contribution in [2.24, 2.45) is 0 Å². The molecular weight excluding hydrogens is 376 g/mol. The molecule has 0 aliphatic heterocycles. The minimum absolute atomic E-state index is 0.0905. The largest absolute Gasteiger partial charge is 0.484 e. The number of hydrogen-bond acceptors (Lipinski definition) is 5. The van der Waals surface area contributed by atoms with Gasteiger partial charge < -0.3 is 10.1 Å². The van der Waals surface area contributed by atoms with Crippen molar-refractivity contribution in [2.75, 3.05) is 6.61 Å². The average Bonchev–Trinajstić information content (AvgIpc) is 3.25. The number of hydrogen-bond donors (Lipinski definition) is 2. The fourth-order valence-corrected chi connectivity index (χ4v) is 3.04. The van der Waals surface area contributed by atoms with Crippen LogP contribution in [-0.2, 0) is 11.3 Å². The number of ketones is 1. The lowest BCUT2D eigenvalue weighted by Gasteiger charge is -2.08. The predicted octanol–water partition coefficient (Wildman–Crippen LogP) is 3.38. The highest BCUT2D eigenvalue weighted by Gasteiger charge is 2.10. The van der Waals surface area contributed by atoms with E-state index >= 15 is 0 Å². The Balaban J connectivity index is 1.44. The maximum atomic E-state index is 12.3. The first-order valence-corrected chi connectivity index (χ1v) is 9.42. The molecule has 0 spiro atoms. The van der Waals surface area contributed by atoms with Crippen molar-refractivity contribution in [3.05, 3.63) is 88.1 Å². The molecule has 7 heteroatoms. The zero-order valence-electron chi connectivity index (χ0n) is 14.9. The van der Waals surface area contributed by atoms with Gasteiger partial charge in [0, 0.05) is 16.0 Å². The van der Waals surface area contributed by atoms with Gasteiger partial charge >= 0.3 is 6.03 Å². The van der Waals surface area contributed by atoms with Crippen LogP contribution in [0.4, 0.5) is 4.79 Å². The van der Waals surface area contributed by atoms with E-state index in [-0.39, 0.29) is 12.4 Å². The molecule has 0 aliphatic rings. The molecule has 0 saturated heterocycles. The van der Waals surface area contributed by atoms with Crippen LogP contribution in [0.15, 0.2) is 72.1 Å². The van der Waals surface area contributed by atoms with Crippen LogP contribution in [-0.4, -0.2) is 24.3 Å². The molecule has 2 N–H and O–H groups in total.